The van der Waals surface area contributed by atoms with E-state index in [2.05, 4.69) is 5.32 Å². The Kier molecular flexibility index (Phi) is 4.37. The number of ether oxygens (including phenoxy) is 3. The molecule has 0 bridgehead atoms. The number of rotatable bonds is 3. The third-order valence-corrected chi connectivity index (χ3v) is 5.30. The van der Waals surface area contributed by atoms with Crippen LogP contribution in [-0.4, -0.2) is 43.1 Å². The summed E-state index contributed by atoms with van der Waals surface area (Å²) in [5, 5.41) is 2.77. The van der Waals surface area contributed by atoms with Gasteiger partial charge in [-0.25, -0.2) is 0 Å². The van der Waals surface area contributed by atoms with Crippen LogP contribution >= 0.6 is 0 Å². The van der Waals surface area contributed by atoms with Crippen LogP contribution in [0.5, 0.6) is 17.2 Å². The number of para-hydroxylation sites is 2. The van der Waals surface area contributed by atoms with Crippen LogP contribution in [0.15, 0.2) is 36.4 Å². The Morgan fingerprint density at radius 3 is 2.54 bits per heavy atom. The van der Waals surface area contributed by atoms with Crippen LogP contribution in [0.2, 0.25) is 0 Å². The lowest BCUT2D eigenvalue weighted by Gasteiger charge is -2.38. The summed E-state index contributed by atoms with van der Waals surface area (Å²) < 4.78 is 16.6. The van der Waals surface area contributed by atoms with Crippen molar-refractivity contribution < 1.29 is 23.8 Å². The number of nitrogens with one attached hydrogen (secondary N) is 1. The minimum atomic E-state index is -1.61. The quantitative estimate of drug-likeness (QED) is 0.825. The molecule has 1 N–H and O–H groups in total. The second kappa shape index (κ2) is 6.74. The number of methoxy groups -OCH3 is 2. The van der Waals surface area contributed by atoms with E-state index in [-0.39, 0.29) is 5.91 Å². The summed E-state index contributed by atoms with van der Waals surface area (Å²) in [6.07, 6.45) is 0.662. The van der Waals surface area contributed by atoms with E-state index in [1.165, 1.54) is 6.92 Å². The van der Waals surface area contributed by atoms with E-state index in [9.17, 15) is 9.59 Å². The lowest BCUT2D eigenvalue weighted by molar-refractivity contribution is -0.155. The topological polar surface area (TPSA) is 77.1 Å². The predicted octanol–water partition coefficient (Wildman–Crippen LogP) is 2.38. The molecule has 28 heavy (non-hydrogen) atoms. The van der Waals surface area contributed by atoms with E-state index in [1.807, 2.05) is 12.1 Å². The van der Waals surface area contributed by atoms with Gasteiger partial charge in [-0.1, -0.05) is 12.1 Å². The molecule has 4 rings (SSSR count). The van der Waals surface area contributed by atoms with Gasteiger partial charge in [0, 0.05) is 13.1 Å². The normalized spacial score (nSPS) is 20.4. The molecule has 0 spiro atoms. The van der Waals surface area contributed by atoms with Crippen molar-refractivity contribution in [1.82, 2.24) is 4.90 Å². The fourth-order valence-corrected chi connectivity index (χ4v) is 3.67. The molecule has 2 heterocycles. The molecule has 1 atom stereocenters. The highest BCUT2D eigenvalue weighted by atomic mass is 16.5. The van der Waals surface area contributed by atoms with Gasteiger partial charge in [0.15, 0.2) is 11.5 Å². The molecule has 2 aromatic rings. The van der Waals surface area contributed by atoms with E-state index < -0.39 is 11.5 Å². The zero-order chi connectivity index (χ0) is 19.9. The van der Waals surface area contributed by atoms with Crippen LogP contribution in [0.25, 0.3) is 0 Å². The fraction of sp³-hybridized carbons (Fsp3) is 0.333. The number of amides is 2. The van der Waals surface area contributed by atoms with Gasteiger partial charge in [-0.05, 0) is 48.7 Å². The number of anilines is 1. The number of benzene rings is 2. The van der Waals surface area contributed by atoms with Gasteiger partial charge in [0.1, 0.15) is 5.75 Å². The van der Waals surface area contributed by atoms with Crippen LogP contribution in [0.4, 0.5) is 5.69 Å². The van der Waals surface area contributed by atoms with Crippen molar-refractivity contribution in [3.05, 3.63) is 47.5 Å². The fourth-order valence-electron chi connectivity index (χ4n) is 3.67. The first kappa shape index (κ1) is 18.2. The molecule has 7 heteroatoms. The number of fused-ring (bicyclic) bond motifs is 2. The van der Waals surface area contributed by atoms with E-state index in [4.69, 9.17) is 14.2 Å². The van der Waals surface area contributed by atoms with Crippen molar-refractivity contribution in [2.75, 3.05) is 26.1 Å². The molecule has 0 saturated heterocycles. The lowest BCUT2D eigenvalue weighted by atomic mass is 9.95. The molecule has 0 fully saturated rings. The van der Waals surface area contributed by atoms with Crippen molar-refractivity contribution in [1.29, 1.82) is 0 Å². The van der Waals surface area contributed by atoms with Gasteiger partial charge in [-0.15, -0.1) is 0 Å². The van der Waals surface area contributed by atoms with Crippen molar-refractivity contribution >= 4 is 17.5 Å². The van der Waals surface area contributed by atoms with Crippen molar-refractivity contribution in [3.63, 3.8) is 0 Å². The van der Waals surface area contributed by atoms with Crippen LogP contribution in [0.1, 0.15) is 18.1 Å². The summed E-state index contributed by atoms with van der Waals surface area (Å²) in [6.45, 7) is 2.39. The Bertz CT molecular complexity index is 958. The average Bonchev–Trinajstić information content (AvgIpc) is 2.72. The van der Waals surface area contributed by atoms with E-state index in [1.54, 1.807) is 43.4 Å². The van der Waals surface area contributed by atoms with Gasteiger partial charge in [-0.3, -0.25) is 9.59 Å². The molecule has 0 saturated carbocycles. The monoisotopic (exact) mass is 382 g/mol. The Balaban J connectivity index is 1.61. The molecule has 2 amide bonds. The third-order valence-electron chi connectivity index (χ3n) is 5.30. The minimum absolute atomic E-state index is 0.361. The van der Waals surface area contributed by atoms with Crippen LogP contribution in [0.3, 0.4) is 0 Å². The smallest absolute Gasteiger partial charge is 0.278 e. The number of carbonyl (C=O) groups is 2. The van der Waals surface area contributed by atoms with Gasteiger partial charge in [-0.2, -0.15) is 0 Å². The first-order chi connectivity index (χ1) is 13.5. The van der Waals surface area contributed by atoms with Crippen molar-refractivity contribution in [2.45, 2.75) is 25.5 Å². The number of carbonyl (C=O) groups excluding carboxylic acids is 2. The Morgan fingerprint density at radius 1 is 1.14 bits per heavy atom. The van der Waals surface area contributed by atoms with Crippen LogP contribution in [0, 0.1) is 0 Å². The molecule has 0 aliphatic carbocycles. The number of hydrogen-bond acceptors (Lipinski definition) is 5. The third kappa shape index (κ3) is 2.83. The summed E-state index contributed by atoms with van der Waals surface area (Å²) >= 11 is 0. The second-order valence-corrected chi connectivity index (χ2v) is 7.04. The van der Waals surface area contributed by atoms with Gasteiger partial charge in [0.2, 0.25) is 0 Å². The first-order valence-electron chi connectivity index (χ1n) is 9.09. The zero-order valence-corrected chi connectivity index (χ0v) is 16.1. The van der Waals surface area contributed by atoms with Gasteiger partial charge < -0.3 is 24.4 Å². The molecule has 2 aliphatic rings. The molecule has 7 nitrogen and oxygen atoms in total. The Hall–Kier alpha value is -3.22. The first-order valence-corrected chi connectivity index (χ1v) is 9.09. The number of hydrogen-bond donors (Lipinski definition) is 1. The van der Waals surface area contributed by atoms with Gasteiger partial charge in [0.25, 0.3) is 17.4 Å². The van der Waals surface area contributed by atoms with E-state index >= 15 is 0 Å². The van der Waals surface area contributed by atoms with Gasteiger partial charge >= 0.3 is 0 Å². The van der Waals surface area contributed by atoms with E-state index in [0.717, 1.165) is 11.1 Å². The lowest BCUT2D eigenvalue weighted by Crippen LogP contribution is -2.60. The zero-order valence-electron chi connectivity index (χ0n) is 16.1. The molecule has 1 unspecified atom stereocenters. The highest BCUT2D eigenvalue weighted by molar-refractivity contribution is 6.15. The van der Waals surface area contributed by atoms with Crippen molar-refractivity contribution in [3.8, 4) is 17.2 Å². The molecule has 2 aliphatic heterocycles. The molecule has 0 aromatic heterocycles. The largest absolute Gasteiger partial charge is 0.493 e. The average molecular weight is 382 g/mol. The predicted molar refractivity (Wildman–Crippen MR) is 103 cm³/mol. The summed E-state index contributed by atoms with van der Waals surface area (Å²) in [5.74, 6) is 0.943. The highest BCUT2D eigenvalue weighted by Crippen LogP contribution is 2.36. The highest BCUT2D eigenvalue weighted by Gasteiger charge is 2.49. The molecule has 0 radical (unpaired) electrons. The minimum Gasteiger partial charge on any atom is -0.493 e. The second-order valence-electron chi connectivity index (χ2n) is 7.04. The van der Waals surface area contributed by atoms with Crippen molar-refractivity contribution in [2.24, 2.45) is 0 Å². The number of nitrogens with zero attached hydrogens (tertiary/aromatic N) is 1. The maximum Gasteiger partial charge on any atom is 0.278 e. The summed E-state index contributed by atoms with van der Waals surface area (Å²) in [4.78, 5) is 27.6. The summed E-state index contributed by atoms with van der Waals surface area (Å²) in [5.41, 5.74) is 1.03. The SMILES string of the molecule is COc1cc2c(cc1OC)CN(C(=O)C1(C)Oc3ccccc3NC1=O)CC2. The summed E-state index contributed by atoms with van der Waals surface area (Å²) in [6, 6.07) is 10.9. The molecule has 146 valence electrons. The van der Waals surface area contributed by atoms with E-state index in [0.29, 0.717) is 42.4 Å². The maximum absolute atomic E-state index is 13.3. The van der Waals surface area contributed by atoms with Gasteiger partial charge in [0.05, 0.1) is 19.9 Å². The van der Waals surface area contributed by atoms with Crippen LogP contribution < -0.4 is 19.5 Å². The molecular formula is C21H22N2O5. The standard InChI is InChI=1S/C21H22N2O5/c1-21(19(24)22-15-6-4-5-7-16(15)28-21)20(25)23-9-8-13-10-17(26-2)18(27-3)11-14(13)12-23/h4-7,10-11H,8-9,12H2,1-3H3,(H,22,24). The maximum atomic E-state index is 13.3. The molecule has 2 aromatic carbocycles. The van der Waals surface area contributed by atoms with Crippen LogP contribution in [-0.2, 0) is 22.6 Å². The summed E-state index contributed by atoms with van der Waals surface area (Å²) in [7, 11) is 3.18. The molecular weight excluding hydrogens is 360 g/mol. The Morgan fingerprint density at radius 2 is 1.82 bits per heavy atom. The Labute approximate surface area is 163 Å².